The van der Waals surface area contributed by atoms with Crippen molar-refractivity contribution >= 4 is 37.4 Å². The van der Waals surface area contributed by atoms with Gasteiger partial charge in [-0.05, 0) is 42.7 Å². The molecule has 1 amide bonds. The zero-order valence-corrected chi connectivity index (χ0v) is 18.7. The van der Waals surface area contributed by atoms with Crippen LogP contribution in [0.3, 0.4) is 0 Å². The number of carbonyl (C=O) groups excluding carboxylic acids is 1. The Labute approximate surface area is 184 Å². The van der Waals surface area contributed by atoms with Crippen molar-refractivity contribution in [1.29, 1.82) is 0 Å². The number of hydrogen-bond donors (Lipinski definition) is 1. The Kier molecular flexibility index (Phi) is 6.06. The average molecular weight is 488 g/mol. The second-order valence-corrected chi connectivity index (χ2v) is 10.5. The molecular weight excluding hydrogens is 466 g/mol. The van der Waals surface area contributed by atoms with Crippen LogP contribution in [0.15, 0.2) is 59.2 Å². The standard InChI is InChI=1S/C22H22BrN3O3S/c23-18-5-3-4-16(12-18)14-30(28,29)15-22(27)24-19-9-7-17(8-10-19)20-13-26-11-2-1-6-21(26)25-20/h3-5,7-10,12-13H,1-2,6,11,14-15H2,(H,24,27). The van der Waals surface area contributed by atoms with Gasteiger partial charge in [-0.25, -0.2) is 13.4 Å². The first-order valence-corrected chi connectivity index (χ1v) is 12.4. The van der Waals surface area contributed by atoms with Crippen molar-refractivity contribution < 1.29 is 13.2 Å². The highest BCUT2D eigenvalue weighted by Gasteiger charge is 2.18. The fourth-order valence-electron chi connectivity index (χ4n) is 3.60. The molecule has 0 spiro atoms. The third kappa shape index (κ3) is 5.17. The van der Waals surface area contributed by atoms with Crippen LogP contribution in [-0.4, -0.2) is 29.6 Å². The molecule has 0 bridgehead atoms. The maximum absolute atomic E-state index is 12.4. The number of benzene rings is 2. The van der Waals surface area contributed by atoms with E-state index in [9.17, 15) is 13.2 Å². The van der Waals surface area contributed by atoms with E-state index >= 15 is 0 Å². The first-order chi connectivity index (χ1) is 14.4. The van der Waals surface area contributed by atoms with Crippen LogP contribution in [0, 0.1) is 0 Å². The summed E-state index contributed by atoms with van der Waals surface area (Å²) in [6.07, 6.45) is 5.42. The molecule has 1 aliphatic heterocycles. The normalized spacial score (nSPS) is 13.6. The maximum Gasteiger partial charge on any atom is 0.239 e. The molecule has 0 fully saturated rings. The Balaban J connectivity index is 1.38. The number of anilines is 1. The molecular formula is C22H22BrN3O3S. The summed E-state index contributed by atoms with van der Waals surface area (Å²) in [6.45, 7) is 1.00. The van der Waals surface area contributed by atoms with E-state index in [0.29, 0.717) is 11.3 Å². The fourth-order valence-corrected chi connectivity index (χ4v) is 5.31. The number of amides is 1. The van der Waals surface area contributed by atoms with Crippen molar-refractivity contribution in [3.8, 4) is 11.3 Å². The smallest absolute Gasteiger partial charge is 0.239 e. The molecule has 6 nitrogen and oxygen atoms in total. The highest BCUT2D eigenvalue weighted by molar-refractivity contribution is 9.10. The van der Waals surface area contributed by atoms with Gasteiger partial charge in [-0.2, -0.15) is 0 Å². The zero-order chi connectivity index (χ0) is 21.1. The molecule has 0 unspecified atom stereocenters. The summed E-state index contributed by atoms with van der Waals surface area (Å²) in [6, 6.07) is 14.4. The van der Waals surface area contributed by atoms with Gasteiger partial charge in [0.15, 0.2) is 9.84 Å². The summed E-state index contributed by atoms with van der Waals surface area (Å²) in [7, 11) is -3.57. The maximum atomic E-state index is 12.4. The van der Waals surface area contributed by atoms with Gasteiger partial charge in [0.25, 0.3) is 0 Å². The third-order valence-corrected chi connectivity index (χ3v) is 6.97. The molecule has 0 saturated heterocycles. The topological polar surface area (TPSA) is 81.1 Å². The SMILES string of the molecule is O=C(CS(=O)(=O)Cc1cccc(Br)c1)Nc1ccc(-c2cn3c(n2)CCCC3)cc1. The van der Waals surface area contributed by atoms with Crippen molar-refractivity contribution in [3.05, 3.63) is 70.6 Å². The minimum atomic E-state index is -3.57. The molecule has 0 radical (unpaired) electrons. The van der Waals surface area contributed by atoms with Gasteiger partial charge in [0, 0.05) is 34.9 Å². The van der Waals surface area contributed by atoms with Crippen molar-refractivity contribution in [2.24, 2.45) is 0 Å². The van der Waals surface area contributed by atoms with Gasteiger partial charge in [0.1, 0.15) is 11.6 Å². The summed E-state index contributed by atoms with van der Waals surface area (Å²) >= 11 is 3.32. The lowest BCUT2D eigenvalue weighted by Crippen LogP contribution is -2.23. The monoisotopic (exact) mass is 487 g/mol. The predicted octanol–water partition coefficient (Wildman–Crippen LogP) is 4.20. The van der Waals surface area contributed by atoms with Crippen LogP contribution in [0.1, 0.15) is 24.2 Å². The van der Waals surface area contributed by atoms with Crippen molar-refractivity contribution in [1.82, 2.24) is 9.55 Å². The number of imidazole rings is 1. The number of rotatable bonds is 6. The molecule has 2 heterocycles. The van der Waals surface area contributed by atoms with Gasteiger partial charge in [-0.1, -0.05) is 40.2 Å². The van der Waals surface area contributed by atoms with Crippen LogP contribution >= 0.6 is 15.9 Å². The molecule has 2 aromatic carbocycles. The van der Waals surface area contributed by atoms with E-state index in [0.717, 1.165) is 34.5 Å². The largest absolute Gasteiger partial charge is 0.334 e. The van der Waals surface area contributed by atoms with E-state index in [1.165, 1.54) is 12.8 Å². The van der Waals surface area contributed by atoms with E-state index < -0.39 is 21.5 Å². The van der Waals surface area contributed by atoms with Gasteiger partial charge in [-0.3, -0.25) is 4.79 Å². The Bertz CT molecular complexity index is 1150. The highest BCUT2D eigenvalue weighted by Crippen LogP contribution is 2.24. The Morgan fingerprint density at radius 1 is 1.13 bits per heavy atom. The molecule has 1 N–H and O–H groups in total. The first-order valence-electron chi connectivity index (χ1n) is 9.79. The Morgan fingerprint density at radius 2 is 1.93 bits per heavy atom. The lowest BCUT2D eigenvalue weighted by atomic mass is 10.1. The van der Waals surface area contributed by atoms with Crippen molar-refractivity contribution in [3.63, 3.8) is 0 Å². The summed E-state index contributed by atoms with van der Waals surface area (Å²) < 4.78 is 27.7. The molecule has 4 rings (SSSR count). The van der Waals surface area contributed by atoms with Crippen LogP contribution in [-0.2, 0) is 33.4 Å². The van der Waals surface area contributed by atoms with Crippen LogP contribution < -0.4 is 5.32 Å². The van der Waals surface area contributed by atoms with Crippen molar-refractivity contribution in [2.45, 2.75) is 31.6 Å². The number of fused-ring (bicyclic) bond motifs is 1. The minimum absolute atomic E-state index is 0.177. The van der Waals surface area contributed by atoms with Gasteiger partial charge in [0.2, 0.25) is 5.91 Å². The molecule has 0 aliphatic carbocycles. The molecule has 8 heteroatoms. The number of nitrogens with one attached hydrogen (secondary N) is 1. The number of halogens is 1. The van der Waals surface area contributed by atoms with E-state index in [-0.39, 0.29) is 5.75 Å². The number of aromatic nitrogens is 2. The van der Waals surface area contributed by atoms with Crippen LogP contribution in [0.5, 0.6) is 0 Å². The van der Waals surface area contributed by atoms with Crippen LogP contribution in [0.4, 0.5) is 5.69 Å². The summed E-state index contributed by atoms with van der Waals surface area (Å²) in [4.78, 5) is 17.0. The number of hydrogen-bond acceptors (Lipinski definition) is 4. The van der Waals surface area contributed by atoms with E-state index in [2.05, 4.69) is 32.0 Å². The predicted molar refractivity (Wildman–Crippen MR) is 121 cm³/mol. The summed E-state index contributed by atoms with van der Waals surface area (Å²) in [5.41, 5.74) is 3.09. The number of sulfone groups is 1. The zero-order valence-electron chi connectivity index (χ0n) is 16.3. The summed E-state index contributed by atoms with van der Waals surface area (Å²) in [5.74, 6) is -0.168. The van der Waals surface area contributed by atoms with E-state index in [1.807, 2.05) is 18.2 Å². The van der Waals surface area contributed by atoms with Crippen LogP contribution in [0.25, 0.3) is 11.3 Å². The molecule has 3 aromatic rings. The Hall–Kier alpha value is -2.45. The number of nitrogens with zero attached hydrogens (tertiary/aromatic N) is 2. The lowest BCUT2D eigenvalue weighted by Gasteiger charge is -2.11. The number of aryl methyl sites for hydroxylation is 2. The third-order valence-electron chi connectivity index (χ3n) is 5.00. The van der Waals surface area contributed by atoms with Crippen LogP contribution in [0.2, 0.25) is 0 Å². The van der Waals surface area contributed by atoms with Gasteiger partial charge < -0.3 is 9.88 Å². The molecule has 1 aromatic heterocycles. The first kappa shape index (κ1) is 20.8. The minimum Gasteiger partial charge on any atom is -0.334 e. The molecule has 30 heavy (non-hydrogen) atoms. The average Bonchev–Trinajstić information content (AvgIpc) is 3.12. The lowest BCUT2D eigenvalue weighted by molar-refractivity contribution is -0.113. The summed E-state index contributed by atoms with van der Waals surface area (Å²) in [5, 5.41) is 2.67. The highest BCUT2D eigenvalue weighted by atomic mass is 79.9. The van der Waals surface area contributed by atoms with Crippen molar-refractivity contribution in [2.75, 3.05) is 11.1 Å². The van der Waals surface area contributed by atoms with E-state index in [4.69, 9.17) is 4.98 Å². The molecule has 0 atom stereocenters. The molecule has 1 aliphatic rings. The van der Waals surface area contributed by atoms with E-state index in [1.54, 1.807) is 30.3 Å². The molecule has 0 saturated carbocycles. The second-order valence-electron chi connectivity index (χ2n) is 7.48. The molecule has 156 valence electrons. The van der Waals surface area contributed by atoms with Gasteiger partial charge in [-0.15, -0.1) is 0 Å². The fraction of sp³-hybridized carbons (Fsp3) is 0.273. The van der Waals surface area contributed by atoms with Gasteiger partial charge >= 0.3 is 0 Å². The second kappa shape index (κ2) is 8.73. The van der Waals surface area contributed by atoms with Gasteiger partial charge in [0.05, 0.1) is 11.4 Å². The quantitative estimate of drug-likeness (QED) is 0.564. The number of carbonyl (C=O) groups is 1. The Morgan fingerprint density at radius 3 is 2.67 bits per heavy atom.